The van der Waals surface area contributed by atoms with Gasteiger partial charge in [-0.05, 0) is 35.9 Å². The molecule has 4 rings (SSSR count). The Morgan fingerprint density at radius 3 is 2.62 bits per heavy atom. The normalized spacial score (nSPS) is 12.2. The third-order valence-corrected chi connectivity index (χ3v) is 5.03. The van der Waals surface area contributed by atoms with Crippen molar-refractivity contribution in [1.29, 1.82) is 0 Å². The summed E-state index contributed by atoms with van der Waals surface area (Å²) in [4.78, 5) is 27.7. The molecule has 7 nitrogen and oxygen atoms in total. The Bertz CT molecular complexity index is 1230. The molecule has 2 heterocycles. The van der Waals surface area contributed by atoms with Crippen LogP contribution in [0.3, 0.4) is 0 Å². The van der Waals surface area contributed by atoms with E-state index in [1.54, 1.807) is 36.5 Å². The summed E-state index contributed by atoms with van der Waals surface area (Å²) < 4.78 is 14.5. The zero-order chi connectivity index (χ0) is 22.7. The number of nitrogens with one attached hydrogen (secondary N) is 4. The van der Waals surface area contributed by atoms with E-state index in [1.165, 1.54) is 19.1 Å². The summed E-state index contributed by atoms with van der Waals surface area (Å²) in [6.45, 7) is 1.83. The summed E-state index contributed by atoms with van der Waals surface area (Å²) in [6.07, 6.45) is 3.50. The fourth-order valence-corrected chi connectivity index (χ4v) is 3.55. The van der Waals surface area contributed by atoms with Gasteiger partial charge in [-0.3, -0.25) is 4.79 Å². The number of hydrogen-bond donors (Lipinski definition) is 4. The molecule has 162 valence electrons. The van der Waals surface area contributed by atoms with Crippen molar-refractivity contribution in [1.82, 2.24) is 4.98 Å². The predicted octanol–water partition coefficient (Wildman–Crippen LogP) is 5.44. The molecule has 4 N–H and O–H groups in total. The molecule has 0 atom stereocenters. The van der Waals surface area contributed by atoms with Gasteiger partial charge in [0.1, 0.15) is 11.6 Å². The Morgan fingerprint density at radius 2 is 1.88 bits per heavy atom. The molecular weight excluding hydrogens is 433 g/mol. The van der Waals surface area contributed by atoms with Crippen LogP contribution < -0.4 is 21.3 Å². The fourth-order valence-electron chi connectivity index (χ4n) is 3.28. The lowest BCUT2D eigenvalue weighted by atomic mass is 9.98. The maximum absolute atomic E-state index is 14.5. The Kier molecular flexibility index (Phi) is 6.04. The lowest BCUT2D eigenvalue weighted by molar-refractivity contribution is -0.114. The van der Waals surface area contributed by atoms with E-state index in [0.29, 0.717) is 23.6 Å². The molecule has 0 aliphatic carbocycles. The second-order valence-electron chi connectivity index (χ2n) is 7.12. The molecule has 0 spiro atoms. The predicted molar refractivity (Wildman–Crippen MR) is 125 cm³/mol. The third-order valence-electron chi connectivity index (χ3n) is 4.72. The summed E-state index contributed by atoms with van der Waals surface area (Å²) >= 11 is 6.31. The van der Waals surface area contributed by atoms with Crippen LogP contribution in [0.4, 0.5) is 32.1 Å². The average molecular weight is 452 g/mol. The van der Waals surface area contributed by atoms with E-state index >= 15 is 0 Å². The van der Waals surface area contributed by atoms with Crippen LogP contribution in [-0.4, -0.2) is 23.5 Å². The molecule has 3 amide bonds. The summed E-state index contributed by atoms with van der Waals surface area (Å²) in [5.41, 5.74) is 3.55. The molecule has 3 aromatic rings. The fraction of sp³-hybridized carbons (Fsp3) is 0.0870. The van der Waals surface area contributed by atoms with Crippen LogP contribution in [0.1, 0.15) is 18.1 Å². The number of para-hydroxylation sites is 1. The average Bonchev–Trinajstić information content (AvgIpc) is 2.75. The highest BCUT2D eigenvalue weighted by Gasteiger charge is 2.18. The van der Waals surface area contributed by atoms with Gasteiger partial charge in [0.25, 0.3) is 0 Å². The quantitative estimate of drug-likeness (QED) is 0.424. The Labute approximate surface area is 188 Å². The van der Waals surface area contributed by atoms with Gasteiger partial charge in [0.2, 0.25) is 5.91 Å². The van der Waals surface area contributed by atoms with Crippen molar-refractivity contribution in [3.8, 4) is 0 Å². The van der Waals surface area contributed by atoms with Crippen molar-refractivity contribution in [2.24, 2.45) is 0 Å². The van der Waals surface area contributed by atoms with Gasteiger partial charge in [0, 0.05) is 48.2 Å². The molecule has 0 unspecified atom stereocenters. The molecule has 0 radical (unpaired) electrons. The minimum Gasteiger partial charge on any atom is -0.380 e. The number of anilines is 4. The molecule has 1 aliphatic rings. The van der Waals surface area contributed by atoms with Crippen LogP contribution in [0.5, 0.6) is 0 Å². The van der Waals surface area contributed by atoms with Gasteiger partial charge >= 0.3 is 6.03 Å². The number of carbonyl (C=O) groups is 2. The van der Waals surface area contributed by atoms with Gasteiger partial charge < -0.3 is 21.3 Å². The van der Waals surface area contributed by atoms with Crippen LogP contribution in [0.25, 0.3) is 11.6 Å². The molecule has 2 aromatic carbocycles. The molecule has 0 saturated heterocycles. The number of pyridine rings is 1. The maximum atomic E-state index is 14.5. The molecular formula is C23H19ClFN5O2. The van der Waals surface area contributed by atoms with E-state index in [0.717, 1.165) is 16.8 Å². The smallest absolute Gasteiger partial charge is 0.323 e. The van der Waals surface area contributed by atoms with Crippen molar-refractivity contribution in [3.63, 3.8) is 0 Å². The van der Waals surface area contributed by atoms with Gasteiger partial charge in [-0.2, -0.15) is 0 Å². The molecule has 0 saturated carbocycles. The van der Waals surface area contributed by atoms with Crippen molar-refractivity contribution >= 4 is 58.1 Å². The monoisotopic (exact) mass is 451 g/mol. The summed E-state index contributed by atoms with van der Waals surface area (Å²) in [6, 6.07) is 12.7. The number of rotatable bonds is 4. The van der Waals surface area contributed by atoms with Crippen LogP contribution in [0.15, 0.2) is 54.7 Å². The van der Waals surface area contributed by atoms with Crippen molar-refractivity contribution in [3.05, 3.63) is 76.7 Å². The van der Waals surface area contributed by atoms with Gasteiger partial charge in [0.05, 0.1) is 10.7 Å². The first-order chi connectivity index (χ1) is 15.4. The summed E-state index contributed by atoms with van der Waals surface area (Å²) in [7, 11) is 0. The molecule has 32 heavy (non-hydrogen) atoms. The van der Waals surface area contributed by atoms with E-state index in [2.05, 4.69) is 26.3 Å². The second kappa shape index (κ2) is 9.07. The number of amides is 3. The number of hydrogen-bond acceptors (Lipinski definition) is 4. The number of fused-ring (bicyclic) bond motifs is 1. The first-order valence-electron chi connectivity index (χ1n) is 9.73. The molecule has 9 heteroatoms. The third kappa shape index (κ3) is 4.87. The van der Waals surface area contributed by atoms with Crippen molar-refractivity contribution in [2.45, 2.75) is 6.92 Å². The molecule has 0 bridgehead atoms. The maximum Gasteiger partial charge on any atom is 0.323 e. The number of aromatic nitrogens is 1. The molecule has 1 aliphatic heterocycles. The van der Waals surface area contributed by atoms with E-state index in [9.17, 15) is 14.0 Å². The van der Waals surface area contributed by atoms with Gasteiger partial charge in [-0.25, -0.2) is 14.2 Å². The largest absolute Gasteiger partial charge is 0.380 e. The van der Waals surface area contributed by atoms with E-state index in [-0.39, 0.29) is 16.6 Å². The van der Waals surface area contributed by atoms with Crippen LogP contribution in [0, 0.1) is 5.82 Å². The number of halogens is 2. The number of urea groups is 1. The van der Waals surface area contributed by atoms with Crippen molar-refractivity contribution in [2.75, 3.05) is 27.8 Å². The Balaban J connectivity index is 1.58. The summed E-state index contributed by atoms with van der Waals surface area (Å²) in [5, 5.41) is 11.3. The van der Waals surface area contributed by atoms with E-state index in [4.69, 9.17) is 11.6 Å². The SMILES string of the molecule is CC(=O)Nc1cc2c(cn1)C=C(c1cc(NC(=O)Nc3ccccc3)c(F)cc1Cl)CN2. The minimum atomic E-state index is -0.645. The minimum absolute atomic E-state index is 0.00339. The summed E-state index contributed by atoms with van der Waals surface area (Å²) in [5.74, 6) is -0.413. The van der Waals surface area contributed by atoms with E-state index < -0.39 is 11.8 Å². The first kappa shape index (κ1) is 21.3. The second-order valence-corrected chi connectivity index (χ2v) is 7.53. The Hall–Kier alpha value is -3.91. The van der Waals surface area contributed by atoms with Gasteiger partial charge in [0.15, 0.2) is 0 Å². The zero-order valence-electron chi connectivity index (χ0n) is 17.0. The highest BCUT2D eigenvalue weighted by molar-refractivity contribution is 6.32. The van der Waals surface area contributed by atoms with Crippen LogP contribution in [0.2, 0.25) is 5.02 Å². The van der Waals surface area contributed by atoms with Crippen LogP contribution >= 0.6 is 11.6 Å². The highest BCUT2D eigenvalue weighted by Crippen LogP contribution is 2.35. The molecule has 1 aromatic heterocycles. The lowest BCUT2D eigenvalue weighted by Crippen LogP contribution is -2.20. The highest BCUT2D eigenvalue weighted by atomic mass is 35.5. The lowest BCUT2D eigenvalue weighted by Gasteiger charge is -2.21. The standard InChI is InChI=1S/C23H19ClFN5O2/c1-13(31)28-22-10-20-15(12-27-22)7-14(11-26-20)17-8-21(19(25)9-18(17)24)30-23(32)29-16-5-3-2-4-6-16/h2-10,12,26H,11H2,1H3,(H,27,28,31)(H2,29,30,32). The molecule has 0 fully saturated rings. The topological polar surface area (TPSA) is 95.2 Å². The van der Waals surface area contributed by atoms with Gasteiger partial charge in [-0.1, -0.05) is 29.8 Å². The number of carbonyl (C=O) groups excluding carboxylic acids is 2. The first-order valence-corrected chi connectivity index (χ1v) is 10.1. The van der Waals surface area contributed by atoms with Gasteiger partial charge in [-0.15, -0.1) is 0 Å². The van der Waals surface area contributed by atoms with E-state index in [1.807, 2.05) is 12.1 Å². The number of benzene rings is 2. The van der Waals surface area contributed by atoms with Crippen molar-refractivity contribution < 1.29 is 14.0 Å². The zero-order valence-corrected chi connectivity index (χ0v) is 17.8. The van der Waals surface area contributed by atoms with Crippen LogP contribution in [-0.2, 0) is 4.79 Å². The number of nitrogens with zero attached hydrogens (tertiary/aromatic N) is 1. The Morgan fingerprint density at radius 1 is 1.09 bits per heavy atom.